The van der Waals surface area contributed by atoms with E-state index < -0.39 is 30.1 Å². The lowest BCUT2D eigenvalue weighted by Crippen LogP contribution is -2.35. The van der Waals surface area contributed by atoms with Crippen LogP contribution in [0.2, 0.25) is 0 Å². The number of carboxylic acids is 1. The van der Waals surface area contributed by atoms with Gasteiger partial charge in [0, 0.05) is 25.9 Å². The first-order valence-electron chi connectivity index (χ1n) is 23.1. The van der Waals surface area contributed by atoms with E-state index in [4.69, 9.17) is 14.6 Å². The number of carbonyl (C=O) groups excluding carboxylic acids is 4. The summed E-state index contributed by atoms with van der Waals surface area (Å²) >= 11 is 0. The summed E-state index contributed by atoms with van der Waals surface area (Å²) in [7, 11) is 0. The third kappa shape index (κ3) is 34.5. The minimum Gasteiger partial charge on any atom is -0.481 e. The molecule has 1 amide bonds. The molecular weight excluding hydrogens is 695 g/mol. The number of hydrogen-bond donors (Lipinski definition) is 1. The van der Waals surface area contributed by atoms with Gasteiger partial charge < -0.3 is 24.3 Å². The molecule has 2 unspecified atom stereocenters. The third-order valence-electron chi connectivity index (χ3n) is 10.6. The van der Waals surface area contributed by atoms with Gasteiger partial charge in [-0.05, 0) is 44.9 Å². The number of rotatable bonds is 42. The monoisotopic (exact) mass is 780 g/mol. The van der Waals surface area contributed by atoms with Gasteiger partial charge in [0.05, 0.1) is 19.3 Å². The number of hydrogen-bond acceptors (Lipinski definition) is 7. The molecule has 0 bridgehead atoms. The predicted molar refractivity (Wildman–Crippen MR) is 224 cm³/mol. The van der Waals surface area contributed by atoms with Crippen LogP contribution in [0.1, 0.15) is 239 Å². The molecule has 9 nitrogen and oxygen atoms in total. The summed E-state index contributed by atoms with van der Waals surface area (Å²) in [6.07, 6.45) is 31.5. The first kappa shape index (κ1) is 52.6. The summed E-state index contributed by atoms with van der Waals surface area (Å²) in [4.78, 5) is 62.7. The molecule has 0 aliphatic rings. The summed E-state index contributed by atoms with van der Waals surface area (Å²) < 4.78 is 11.6. The molecule has 0 aliphatic heterocycles. The van der Waals surface area contributed by atoms with Crippen molar-refractivity contribution in [2.75, 3.05) is 13.1 Å². The van der Waals surface area contributed by atoms with Crippen LogP contribution in [0, 0.1) is 0 Å². The Morgan fingerprint density at radius 2 is 0.836 bits per heavy atom. The lowest BCUT2D eigenvalue weighted by Gasteiger charge is -2.27. The molecule has 0 heterocycles. The van der Waals surface area contributed by atoms with Gasteiger partial charge in [-0.15, -0.1) is 0 Å². The minimum absolute atomic E-state index is 0.0232. The Hall–Kier alpha value is -2.45. The van der Waals surface area contributed by atoms with E-state index in [-0.39, 0.29) is 31.6 Å². The second kappa shape index (κ2) is 39.8. The minimum atomic E-state index is -1.07. The zero-order valence-corrected chi connectivity index (χ0v) is 35.9. The Balaban J connectivity index is 5.05. The van der Waals surface area contributed by atoms with Crippen LogP contribution in [-0.2, 0) is 33.4 Å². The molecule has 9 heteroatoms. The fourth-order valence-corrected chi connectivity index (χ4v) is 7.15. The highest BCUT2D eigenvalue weighted by molar-refractivity contribution is 5.77. The fraction of sp³-hybridized carbons (Fsp3) is 0.891. The third-order valence-corrected chi connectivity index (χ3v) is 10.6. The van der Waals surface area contributed by atoms with E-state index in [9.17, 15) is 24.0 Å². The molecule has 0 saturated heterocycles. The Morgan fingerprint density at radius 1 is 0.473 bits per heavy atom. The Kier molecular flexibility index (Phi) is 38.0. The van der Waals surface area contributed by atoms with Crippen LogP contribution >= 0.6 is 0 Å². The van der Waals surface area contributed by atoms with E-state index in [2.05, 4.69) is 25.7 Å². The SMILES string of the molecule is CCCCCCCCCCN(CCCCCCCCCC)C(=O)CCCCCCCC(OC(=O)CCC(=O)O)C(CCCCCCCC)OC(=O)CCC=O. The molecule has 0 rings (SSSR count). The average molecular weight is 780 g/mol. The van der Waals surface area contributed by atoms with Crippen LogP contribution in [0.5, 0.6) is 0 Å². The van der Waals surface area contributed by atoms with E-state index in [1.165, 1.54) is 96.3 Å². The van der Waals surface area contributed by atoms with Gasteiger partial charge in [-0.25, -0.2) is 0 Å². The smallest absolute Gasteiger partial charge is 0.306 e. The Morgan fingerprint density at radius 3 is 1.24 bits per heavy atom. The summed E-state index contributed by atoms with van der Waals surface area (Å²) in [5.41, 5.74) is 0. The zero-order valence-electron chi connectivity index (χ0n) is 35.9. The molecule has 0 aliphatic carbocycles. The number of aliphatic carboxylic acids is 1. The molecule has 0 fully saturated rings. The normalized spacial score (nSPS) is 12.3. The average Bonchev–Trinajstić information content (AvgIpc) is 3.17. The molecular formula is C46H85NO8. The van der Waals surface area contributed by atoms with Crippen molar-refractivity contribution >= 4 is 30.1 Å². The number of nitrogens with zero attached hydrogens (tertiary/aromatic N) is 1. The van der Waals surface area contributed by atoms with Crippen molar-refractivity contribution in [1.82, 2.24) is 4.90 Å². The van der Waals surface area contributed by atoms with E-state index in [0.717, 1.165) is 90.1 Å². The summed E-state index contributed by atoms with van der Waals surface area (Å²) in [6, 6.07) is 0. The van der Waals surface area contributed by atoms with E-state index in [1.807, 2.05) is 0 Å². The zero-order chi connectivity index (χ0) is 40.6. The van der Waals surface area contributed by atoms with Gasteiger partial charge in [0.25, 0.3) is 0 Å². The number of unbranched alkanes of at least 4 members (excludes halogenated alkanes) is 23. The van der Waals surface area contributed by atoms with Gasteiger partial charge in [0.15, 0.2) is 0 Å². The number of esters is 2. The molecule has 1 N–H and O–H groups in total. The molecule has 0 saturated carbocycles. The second-order valence-corrected chi connectivity index (χ2v) is 15.8. The highest BCUT2D eigenvalue weighted by Crippen LogP contribution is 2.22. The van der Waals surface area contributed by atoms with Gasteiger partial charge in [0.2, 0.25) is 5.91 Å². The van der Waals surface area contributed by atoms with Crippen molar-refractivity contribution in [2.24, 2.45) is 0 Å². The quantitative estimate of drug-likeness (QED) is 0.0368. The highest BCUT2D eigenvalue weighted by atomic mass is 16.6. The Bertz CT molecular complexity index is 921. The number of aldehydes is 1. The van der Waals surface area contributed by atoms with Gasteiger partial charge in [-0.1, -0.05) is 162 Å². The summed E-state index contributed by atoms with van der Waals surface area (Å²) in [5, 5.41) is 9.07. The predicted octanol–water partition coefficient (Wildman–Crippen LogP) is 12.2. The lowest BCUT2D eigenvalue weighted by molar-refractivity contribution is -0.170. The van der Waals surface area contributed by atoms with Crippen LogP contribution in [0.4, 0.5) is 0 Å². The van der Waals surface area contributed by atoms with E-state index in [0.29, 0.717) is 25.5 Å². The van der Waals surface area contributed by atoms with Crippen LogP contribution in [0.3, 0.4) is 0 Å². The number of amides is 1. The van der Waals surface area contributed by atoms with Crippen LogP contribution < -0.4 is 0 Å². The molecule has 0 spiro atoms. The molecule has 0 aromatic rings. The first-order chi connectivity index (χ1) is 26.8. The van der Waals surface area contributed by atoms with Crippen LogP contribution in [0.25, 0.3) is 0 Å². The largest absolute Gasteiger partial charge is 0.481 e. The van der Waals surface area contributed by atoms with Crippen molar-refractivity contribution in [1.29, 1.82) is 0 Å². The second-order valence-electron chi connectivity index (χ2n) is 15.8. The molecule has 0 aromatic heterocycles. The lowest BCUT2D eigenvalue weighted by atomic mass is 9.99. The topological polar surface area (TPSA) is 127 Å². The molecule has 55 heavy (non-hydrogen) atoms. The summed E-state index contributed by atoms with van der Waals surface area (Å²) in [5.74, 6) is -1.88. The first-order valence-corrected chi connectivity index (χ1v) is 23.1. The van der Waals surface area contributed by atoms with E-state index in [1.54, 1.807) is 0 Å². The molecule has 2 atom stereocenters. The van der Waals surface area contributed by atoms with Gasteiger partial charge in [0.1, 0.15) is 18.5 Å². The van der Waals surface area contributed by atoms with Crippen molar-refractivity contribution < 1.29 is 38.6 Å². The number of ether oxygens (including phenoxy) is 2. The van der Waals surface area contributed by atoms with Crippen molar-refractivity contribution in [3.05, 3.63) is 0 Å². The van der Waals surface area contributed by atoms with Crippen LogP contribution in [0.15, 0.2) is 0 Å². The summed E-state index contributed by atoms with van der Waals surface area (Å²) in [6.45, 7) is 8.41. The van der Waals surface area contributed by atoms with Gasteiger partial charge >= 0.3 is 17.9 Å². The highest BCUT2D eigenvalue weighted by Gasteiger charge is 2.28. The van der Waals surface area contributed by atoms with Gasteiger partial charge in [-0.3, -0.25) is 19.2 Å². The van der Waals surface area contributed by atoms with E-state index >= 15 is 0 Å². The number of carboxylic acid groups (broad SMARTS) is 1. The van der Waals surface area contributed by atoms with Crippen molar-refractivity contribution in [3.8, 4) is 0 Å². The number of carbonyl (C=O) groups is 5. The van der Waals surface area contributed by atoms with Gasteiger partial charge in [-0.2, -0.15) is 0 Å². The van der Waals surface area contributed by atoms with Crippen LogP contribution in [-0.4, -0.2) is 65.4 Å². The molecule has 0 radical (unpaired) electrons. The maximum Gasteiger partial charge on any atom is 0.306 e. The maximum atomic E-state index is 13.4. The molecule has 0 aromatic carbocycles. The Labute approximate surface area is 337 Å². The fourth-order valence-electron chi connectivity index (χ4n) is 7.15. The molecule has 322 valence electrons. The maximum absolute atomic E-state index is 13.4. The van der Waals surface area contributed by atoms with Crippen molar-refractivity contribution in [3.63, 3.8) is 0 Å². The van der Waals surface area contributed by atoms with Crippen molar-refractivity contribution in [2.45, 2.75) is 251 Å². The standard InChI is InChI=1S/C46H85NO8/c1-4-7-10-13-16-18-24-29-38-47(39-30-25-19-17-14-11-8-5-2)43(49)34-28-23-20-22-27-33-42(55-46(53)37-36-44(50)51)41(54-45(52)35-31-40-48)32-26-21-15-12-9-6-3/h40-42H,4-39H2,1-3H3,(H,50,51).